The number of benzene rings is 2. The number of carbonyl (C=O) groups is 4. The molecule has 4 fully saturated rings. The smallest absolute Gasteiger partial charge is 0.258 e. The van der Waals surface area contributed by atoms with Gasteiger partial charge in [0.1, 0.15) is 28.7 Å². The number of carbonyl (C=O) groups excluding carboxylic acids is 4. The summed E-state index contributed by atoms with van der Waals surface area (Å²) in [6.45, 7) is 15.0. The van der Waals surface area contributed by atoms with E-state index in [9.17, 15) is 28.7 Å². The standard InChI is InChI=1S/C54H72ClFN10O6S2/c1-34-47(73-33-61-34)36-11-12-37(28-60-49(69)40-27-38(67)31-66(40)50(70)48(52(2,3)4)63-51(71)54(56)16-17-54)41(26-36)72-25-7-8-35-13-20-64(21-14-35)22-15-44(68)62-39-9-6-10-42(46(39)55)74-45-30-58-43(29-59-45)65-23-18-53(5,32-57)19-24-65/h6,9-12,26,29-30,33,35,38,40,48,67H,7-8,13-25,27-28,31-32,57H2,1-5H3,(H,60,69)(H,62,68)(H,63,71)/t38-,40+,48-/m1/s1. The molecule has 2 aromatic heterocycles. The third-order valence-electron chi connectivity index (χ3n) is 15.1. The Kier molecular flexibility index (Phi) is 17.9. The number of aryl methyl sites for hydroxylation is 1. The normalized spacial score (nSPS) is 20.2. The largest absolute Gasteiger partial charge is 0.493 e. The summed E-state index contributed by atoms with van der Waals surface area (Å²) >= 11 is 9.77. The van der Waals surface area contributed by atoms with Gasteiger partial charge in [0.15, 0.2) is 5.67 Å². The number of nitrogens with one attached hydrogen (secondary N) is 3. The number of β-amino-alcohol motifs (C(OH)–C–C–N with tert-alkyl or cyclic N) is 1. The average molecular weight is 1080 g/mol. The monoisotopic (exact) mass is 1070 g/mol. The minimum absolute atomic E-state index is 0.0321. The van der Waals surface area contributed by atoms with Gasteiger partial charge in [-0.05, 0) is 118 Å². The SMILES string of the molecule is Cc1ncsc1-c1ccc(CNC(=O)[C@@H]2C[C@@H](O)CN2C(=O)[C@@H](NC(=O)C2(F)CC2)C(C)(C)C)c(OCCCC2CCN(CCC(=O)Nc3cccc(Sc4cnc(N5CCC(C)(CN)CC5)cn4)c3Cl)CC2)c1. The lowest BCUT2D eigenvalue weighted by Gasteiger charge is -2.39. The highest BCUT2D eigenvalue weighted by Crippen LogP contribution is 2.41. The van der Waals surface area contributed by atoms with Crippen LogP contribution < -0.4 is 31.3 Å². The molecule has 2 aromatic carbocycles. The van der Waals surface area contributed by atoms with Crippen molar-refractivity contribution in [2.45, 2.75) is 139 Å². The van der Waals surface area contributed by atoms with Gasteiger partial charge < -0.3 is 46.2 Å². The molecule has 4 amide bonds. The summed E-state index contributed by atoms with van der Waals surface area (Å²) in [4.78, 5) is 75.2. The summed E-state index contributed by atoms with van der Waals surface area (Å²) in [5.41, 5.74) is 8.41. The fourth-order valence-electron chi connectivity index (χ4n) is 9.90. The molecule has 1 saturated carbocycles. The fourth-order valence-corrected chi connectivity index (χ4v) is 11.8. The van der Waals surface area contributed by atoms with Gasteiger partial charge in [0.2, 0.25) is 17.7 Å². The molecule has 3 atom stereocenters. The first-order valence-electron chi connectivity index (χ1n) is 26.0. The van der Waals surface area contributed by atoms with Gasteiger partial charge in [-0.1, -0.05) is 69.3 Å². The van der Waals surface area contributed by atoms with Gasteiger partial charge in [0, 0.05) is 56.0 Å². The number of piperidine rings is 2. The predicted octanol–water partition coefficient (Wildman–Crippen LogP) is 7.79. The third kappa shape index (κ3) is 13.9. The minimum atomic E-state index is -1.97. The Balaban J connectivity index is 0.784. The van der Waals surface area contributed by atoms with E-state index in [1.807, 2.05) is 49.5 Å². The zero-order valence-electron chi connectivity index (χ0n) is 43.3. The van der Waals surface area contributed by atoms with E-state index in [0.717, 1.165) is 102 Å². The van der Waals surface area contributed by atoms with Gasteiger partial charge in [-0.15, -0.1) is 11.3 Å². The lowest BCUT2D eigenvalue weighted by atomic mass is 9.80. The molecule has 3 saturated heterocycles. The molecule has 20 heteroatoms. The number of thiazole rings is 1. The van der Waals surface area contributed by atoms with Crippen molar-refractivity contribution in [2.75, 3.05) is 62.6 Å². The number of nitrogens with two attached hydrogens (primary N) is 1. The number of likely N-dealkylation sites (tertiary alicyclic amines) is 2. The Morgan fingerprint density at radius 1 is 1.04 bits per heavy atom. The van der Waals surface area contributed by atoms with Crippen LogP contribution >= 0.6 is 34.7 Å². The zero-order chi connectivity index (χ0) is 52.8. The quantitative estimate of drug-likeness (QED) is 0.0537. The summed E-state index contributed by atoms with van der Waals surface area (Å²) in [6.07, 6.45) is 9.15. The van der Waals surface area contributed by atoms with Crippen molar-refractivity contribution >= 4 is 69.8 Å². The summed E-state index contributed by atoms with van der Waals surface area (Å²) in [7, 11) is 0. The van der Waals surface area contributed by atoms with E-state index in [-0.39, 0.29) is 43.7 Å². The summed E-state index contributed by atoms with van der Waals surface area (Å²) < 4.78 is 21.2. The van der Waals surface area contributed by atoms with Crippen LogP contribution in [-0.2, 0) is 25.7 Å². The second-order valence-corrected chi connectivity index (χ2v) is 24.2. The molecule has 3 aliphatic heterocycles. The van der Waals surface area contributed by atoms with Crippen molar-refractivity contribution in [3.8, 4) is 16.2 Å². The molecule has 400 valence electrons. The van der Waals surface area contributed by atoms with Gasteiger partial charge in [-0.3, -0.25) is 19.2 Å². The number of nitrogens with zero attached hydrogens (tertiary/aromatic N) is 6. The molecule has 1 aliphatic carbocycles. The van der Waals surface area contributed by atoms with E-state index in [1.165, 1.54) is 16.7 Å². The van der Waals surface area contributed by atoms with Crippen molar-refractivity contribution in [2.24, 2.45) is 22.5 Å². The van der Waals surface area contributed by atoms with Gasteiger partial charge in [0.05, 0.1) is 51.9 Å². The van der Waals surface area contributed by atoms with Gasteiger partial charge in [-0.25, -0.2) is 19.3 Å². The molecule has 4 aromatic rings. The van der Waals surface area contributed by atoms with Crippen LogP contribution in [0.5, 0.6) is 5.75 Å². The molecule has 74 heavy (non-hydrogen) atoms. The van der Waals surface area contributed by atoms with E-state index in [2.05, 4.69) is 47.6 Å². The Morgan fingerprint density at radius 2 is 1.80 bits per heavy atom. The van der Waals surface area contributed by atoms with Crippen molar-refractivity contribution in [1.82, 2.24) is 35.4 Å². The number of aromatic nitrogens is 3. The van der Waals surface area contributed by atoms with Crippen LogP contribution in [0.25, 0.3) is 10.4 Å². The molecule has 0 bridgehead atoms. The molecular weight excluding hydrogens is 1000 g/mol. The van der Waals surface area contributed by atoms with E-state index in [1.54, 1.807) is 43.8 Å². The maximum absolute atomic E-state index is 14.7. The predicted molar refractivity (Wildman–Crippen MR) is 288 cm³/mol. The molecule has 8 rings (SSSR count). The highest BCUT2D eigenvalue weighted by Gasteiger charge is 2.53. The number of hydrogen-bond acceptors (Lipinski definition) is 14. The van der Waals surface area contributed by atoms with Crippen molar-refractivity contribution in [1.29, 1.82) is 0 Å². The Bertz CT molecular complexity index is 2620. The molecule has 6 N–H and O–H groups in total. The van der Waals surface area contributed by atoms with Crippen LogP contribution in [0.2, 0.25) is 5.02 Å². The highest BCUT2D eigenvalue weighted by atomic mass is 35.5. The zero-order valence-corrected chi connectivity index (χ0v) is 45.7. The Labute approximate surface area is 447 Å². The van der Waals surface area contributed by atoms with Gasteiger partial charge >= 0.3 is 0 Å². The number of aliphatic hydroxyl groups is 1. The molecule has 4 aliphatic rings. The molecule has 5 heterocycles. The summed E-state index contributed by atoms with van der Waals surface area (Å²) in [5, 5.41) is 20.5. The number of ether oxygens (including phenoxy) is 1. The second-order valence-electron chi connectivity index (χ2n) is 21.9. The van der Waals surface area contributed by atoms with Crippen LogP contribution in [-0.4, -0.2) is 130 Å². The van der Waals surface area contributed by atoms with Crippen LogP contribution in [0.3, 0.4) is 0 Å². The number of amides is 4. The minimum Gasteiger partial charge on any atom is -0.493 e. The first-order chi connectivity index (χ1) is 35.3. The van der Waals surface area contributed by atoms with Crippen molar-refractivity contribution < 1.29 is 33.4 Å². The van der Waals surface area contributed by atoms with Crippen LogP contribution in [0.4, 0.5) is 15.9 Å². The molecule has 16 nitrogen and oxygen atoms in total. The number of alkyl halides is 1. The molecule has 0 radical (unpaired) electrons. The van der Waals surface area contributed by atoms with Crippen LogP contribution in [0.15, 0.2) is 64.2 Å². The van der Waals surface area contributed by atoms with Gasteiger partial charge in [0.25, 0.3) is 5.91 Å². The average Bonchev–Trinajstić information content (AvgIpc) is 3.79. The Hall–Kier alpha value is -4.92. The highest BCUT2D eigenvalue weighted by molar-refractivity contribution is 7.99. The van der Waals surface area contributed by atoms with E-state index in [0.29, 0.717) is 48.5 Å². The number of rotatable bonds is 20. The lowest BCUT2D eigenvalue weighted by Crippen LogP contribution is -2.59. The molecule has 0 spiro atoms. The fraction of sp³-hybridized carbons (Fsp3) is 0.574. The first-order valence-corrected chi connectivity index (χ1v) is 28.1. The Morgan fingerprint density at radius 3 is 2.46 bits per heavy atom. The van der Waals surface area contributed by atoms with Crippen LogP contribution in [0.1, 0.15) is 103 Å². The topological polar surface area (TPSA) is 208 Å². The molecular formula is C54H72ClFN10O6S2. The summed E-state index contributed by atoms with van der Waals surface area (Å²) in [5.74, 6) is 0.118. The number of aliphatic hydroxyl groups excluding tert-OH is 1. The summed E-state index contributed by atoms with van der Waals surface area (Å²) in [6, 6.07) is 9.42. The van der Waals surface area contributed by atoms with Crippen LogP contribution in [0, 0.1) is 23.7 Å². The molecule has 0 unspecified atom stereocenters. The van der Waals surface area contributed by atoms with Crippen molar-refractivity contribution in [3.63, 3.8) is 0 Å². The lowest BCUT2D eigenvalue weighted by molar-refractivity contribution is -0.145. The van der Waals surface area contributed by atoms with Crippen molar-refractivity contribution in [3.05, 3.63) is 70.6 Å². The number of hydrogen-bond donors (Lipinski definition) is 5. The number of anilines is 2. The van der Waals surface area contributed by atoms with E-state index < -0.39 is 47.0 Å². The van der Waals surface area contributed by atoms with Gasteiger partial charge in [-0.2, -0.15) is 0 Å². The maximum atomic E-state index is 14.7. The first kappa shape index (κ1) is 55.3. The second kappa shape index (κ2) is 24.0. The van der Waals surface area contributed by atoms with E-state index in [4.69, 9.17) is 22.1 Å². The third-order valence-corrected chi connectivity index (χ3v) is 17.6. The number of halogens is 2. The maximum Gasteiger partial charge on any atom is 0.258 e. The van der Waals surface area contributed by atoms with E-state index >= 15 is 0 Å².